The summed E-state index contributed by atoms with van der Waals surface area (Å²) < 4.78 is 5.26. The number of aryl methyl sites for hydroxylation is 2. The number of aromatic nitrogens is 3. The van der Waals surface area contributed by atoms with Crippen molar-refractivity contribution < 1.29 is 0 Å². The second kappa shape index (κ2) is 10.4. The average molecular weight is 456 g/mol. The standard InChI is InChI=1S/C27H29N5S/c1-5-6-10-21(4)33-31-23-14-12-22(13-15-23)18-28-26-16-25(24-11-8-7-9-19(24)2)30-27-20(3)17-29-32(26)27/h5-17,28,31H,18H2,1-4H3/b6-5-,21-10+. The average Bonchev–Trinajstić information content (AvgIpc) is 3.21. The lowest BCUT2D eigenvalue weighted by Crippen LogP contribution is -2.07. The van der Waals surface area contributed by atoms with E-state index in [1.54, 1.807) is 11.9 Å². The van der Waals surface area contributed by atoms with E-state index in [1.807, 2.05) is 36.7 Å². The van der Waals surface area contributed by atoms with Gasteiger partial charge >= 0.3 is 0 Å². The van der Waals surface area contributed by atoms with Gasteiger partial charge in [-0.2, -0.15) is 9.61 Å². The number of allylic oxidation sites excluding steroid dienone is 4. The summed E-state index contributed by atoms with van der Waals surface area (Å²) in [5, 5.41) is 8.09. The van der Waals surface area contributed by atoms with Gasteiger partial charge in [-0.1, -0.05) is 54.6 Å². The number of nitrogens with zero attached hydrogens (tertiary/aromatic N) is 3. The van der Waals surface area contributed by atoms with Crippen LogP contribution in [0.15, 0.2) is 83.9 Å². The summed E-state index contributed by atoms with van der Waals surface area (Å²) in [6.07, 6.45) is 8.02. The van der Waals surface area contributed by atoms with Gasteiger partial charge in [-0.25, -0.2) is 4.98 Å². The summed E-state index contributed by atoms with van der Waals surface area (Å²) in [5.74, 6) is 0.925. The Kier molecular flexibility index (Phi) is 7.15. The van der Waals surface area contributed by atoms with Crippen molar-refractivity contribution in [2.45, 2.75) is 34.2 Å². The second-order valence-corrected chi connectivity index (χ2v) is 9.01. The zero-order valence-electron chi connectivity index (χ0n) is 19.5. The minimum absolute atomic E-state index is 0.693. The van der Waals surface area contributed by atoms with Crippen molar-refractivity contribution >= 4 is 29.1 Å². The van der Waals surface area contributed by atoms with Gasteiger partial charge < -0.3 is 10.0 Å². The highest BCUT2D eigenvalue weighted by Crippen LogP contribution is 2.26. The van der Waals surface area contributed by atoms with Gasteiger partial charge in [0.15, 0.2) is 5.65 Å². The van der Waals surface area contributed by atoms with E-state index < -0.39 is 0 Å². The maximum absolute atomic E-state index is 4.89. The van der Waals surface area contributed by atoms with E-state index >= 15 is 0 Å². The van der Waals surface area contributed by atoms with Crippen LogP contribution in [0.1, 0.15) is 30.5 Å². The van der Waals surface area contributed by atoms with Gasteiger partial charge in [-0.05, 0) is 62.9 Å². The molecule has 4 aromatic rings. The maximum atomic E-state index is 4.89. The van der Waals surface area contributed by atoms with Crippen LogP contribution in [0.3, 0.4) is 0 Å². The van der Waals surface area contributed by atoms with E-state index in [9.17, 15) is 0 Å². The normalized spacial score (nSPS) is 11.9. The van der Waals surface area contributed by atoms with Crippen molar-refractivity contribution in [1.29, 1.82) is 0 Å². The highest BCUT2D eigenvalue weighted by molar-refractivity contribution is 8.04. The third-order valence-corrected chi connectivity index (χ3v) is 6.15. The fourth-order valence-corrected chi connectivity index (χ4v) is 4.05. The summed E-state index contributed by atoms with van der Waals surface area (Å²) in [6.45, 7) is 8.96. The Morgan fingerprint density at radius 2 is 1.85 bits per heavy atom. The summed E-state index contributed by atoms with van der Waals surface area (Å²) >= 11 is 1.62. The van der Waals surface area contributed by atoms with E-state index in [-0.39, 0.29) is 0 Å². The Labute approximate surface area is 199 Å². The molecule has 0 unspecified atom stereocenters. The molecule has 0 amide bonds. The molecule has 0 atom stereocenters. The minimum Gasteiger partial charge on any atom is -0.366 e. The van der Waals surface area contributed by atoms with Crippen LogP contribution in [0.5, 0.6) is 0 Å². The first-order valence-electron chi connectivity index (χ1n) is 11.0. The van der Waals surface area contributed by atoms with Gasteiger partial charge in [0.1, 0.15) is 5.82 Å². The molecule has 0 aliphatic carbocycles. The molecule has 0 aliphatic heterocycles. The third-order valence-electron chi connectivity index (χ3n) is 5.35. The molecule has 4 rings (SSSR count). The Balaban J connectivity index is 1.51. The van der Waals surface area contributed by atoms with Gasteiger partial charge in [0.05, 0.1) is 11.9 Å². The second-order valence-electron chi connectivity index (χ2n) is 7.96. The Morgan fingerprint density at radius 3 is 2.61 bits per heavy atom. The number of nitrogens with one attached hydrogen (secondary N) is 2. The van der Waals surface area contributed by atoms with E-state index in [0.717, 1.165) is 34.0 Å². The van der Waals surface area contributed by atoms with Gasteiger partial charge in [0.2, 0.25) is 0 Å². The van der Waals surface area contributed by atoms with Crippen molar-refractivity contribution in [3.8, 4) is 11.3 Å². The molecule has 2 aromatic heterocycles. The smallest absolute Gasteiger partial charge is 0.160 e. The third kappa shape index (κ3) is 5.46. The molecular formula is C27H29N5S. The summed E-state index contributed by atoms with van der Waals surface area (Å²) in [7, 11) is 0. The predicted octanol–water partition coefficient (Wildman–Crippen LogP) is 7.17. The van der Waals surface area contributed by atoms with Gasteiger partial charge in [0, 0.05) is 34.3 Å². The lowest BCUT2D eigenvalue weighted by molar-refractivity contribution is 0.926. The number of anilines is 2. The molecule has 0 aliphatic rings. The molecule has 5 nitrogen and oxygen atoms in total. The largest absolute Gasteiger partial charge is 0.366 e. The van der Waals surface area contributed by atoms with Crippen molar-refractivity contribution in [3.63, 3.8) is 0 Å². The van der Waals surface area contributed by atoms with E-state index in [2.05, 4.69) is 89.7 Å². The van der Waals surface area contributed by atoms with Crippen LogP contribution in [0.2, 0.25) is 0 Å². The molecule has 0 radical (unpaired) electrons. The number of fused-ring (bicyclic) bond motifs is 1. The zero-order valence-corrected chi connectivity index (χ0v) is 20.3. The van der Waals surface area contributed by atoms with Crippen LogP contribution in [0.4, 0.5) is 11.5 Å². The molecule has 0 saturated heterocycles. The maximum Gasteiger partial charge on any atom is 0.160 e. The lowest BCUT2D eigenvalue weighted by Gasteiger charge is -2.13. The summed E-state index contributed by atoms with van der Waals surface area (Å²) in [4.78, 5) is 6.10. The van der Waals surface area contributed by atoms with Crippen molar-refractivity contribution in [3.05, 3.63) is 101 Å². The highest BCUT2D eigenvalue weighted by Gasteiger charge is 2.12. The minimum atomic E-state index is 0.693. The number of hydrogen-bond donors (Lipinski definition) is 2. The molecule has 0 spiro atoms. The molecule has 0 saturated carbocycles. The Hall–Kier alpha value is -3.51. The van der Waals surface area contributed by atoms with E-state index in [1.165, 1.54) is 16.0 Å². The lowest BCUT2D eigenvalue weighted by atomic mass is 10.1. The van der Waals surface area contributed by atoms with Crippen molar-refractivity contribution in [2.24, 2.45) is 0 Å². The quantitative estimate of drug-likeness (QED) is 0.218. The molecule has 0 fully saturated rings. The molecule has 2 aromatic carbocycles. The van der Waals surface area contributed by atoms with Crippen molar-refractivity contribution in [2.75, 3.05) is 10.0 Å². The molecular weight excluding hydrogens is 426 g/mol. The Morgan fingerprint density at radius 1 is 1.06 bits per heavy atom. The molecule has 6 heteroatoms. The van der Waals surface area contributed by atoms with Gasteiger partial charge in [-0.15, -0.1) is 0 Å². The SMILES string of the molecule is C/C=C\C=C(/C)SNc1ccc(CNc2cc(-c3ccccc3C)nc3c(C)cnn23)cc1. The van der Waals surface area contributed by atoms with Crippen molar-refractivity contribution in [1.82, 2.24) is 14.6 Å². The first-order chi connectivity index (χ1) is 16.0. The first kappa shape index (κ1) is 22.7. The number of hydrogen-bond acceptors (Lipinski definition) is 5. The Bertz CT molecular complexity index is 1300. The first-order valence-corrected chi connectivity index (χ1v) is 11.8. The number of rotatable bonds is 8. The van der Waals surface area contributed by atoms with Crippen LogP contribution >= 0.6 is 11.9 Å². The summed E-state index contributed by atoms with van der Waals surface area (Å²) in [5.41, 5.74) is 7.48. The van der Waals surface area contributed by atoms with Gasteiger partial charge in [-0.3, -0.25) is 0 Å². The zero-order chi connectivity index (χ0) is 23.2. The fraction of sp³-hybridized carbons (Fsp3) is 0.185. The summed E-state index contributed by atoms with van der Waals surface area (Å²) in [6, 6.07) is 18.9. The highest BCUT2D eigenvalue weighted by atomic mass is 32.2. The monoisotopic (exact) mass is 455 g/mol. The van der Waals surface area contributed by atoms with Crippen LogP contribution < -0.4 is 10.0 Å². The molecule has 2 N–H and O–H groups in total. The van der Waals surface area contributed by atoms with Crippen LogP contribution in [-0.2, 0) is 6.54 Å². The topological polar surface area (TPSA) is 54.2 Å². The van der Waals surface area contributed by atoms with Crippen LogP contribution in [-0.4, -0.2) is 14.6 Å². The van der Waals surface area contributed by atoms with E-state index in [4.69, 9.17) is 4.98 Å². The van der Waals surface area contributed by atoms with Crippen LogP contribution in [0.25, 0.3) is 16.9 Å². The van der Waals surface area contributed by atoms with E-state index in [0.29, 0.717) is 6.54 Å². The number of benzene rings is 2. The fourth-order valence-electron chi connectivity index (χ4n) is 3.49. The van der Waals surface area contributed by atoms with Crippen LogP contribution in [0, 0.1) is 13.8 Å². The molecule has 2 heterocycles. The predicted molar refractivity (Wildman–Crippen MR) is 141 cm³/mol. The molecule has 168 valence electrons. The van der Waals surface area contributed by atoms with Gasteiger partial charge in [0.25, 0.3) is 0 Å². The molecule has 33 heavy (non-hydrogen) atoms. The molecule has 0 bridgehead atoms.